The lowest BCUT2D eigenvalue weighted by Gasteiger charge is -2.26. The van der Waals surface area contributed by atoms with Crippen molar-refractivity contribution in [3.8, 4) is 16.8 Å². The largest absolute Gasteiger partial charge is 0.456 e. The van der Waals surface area contributed by atoms with Crippen molar-refractivity contribution in [1.82, 2.24) is 4.57 Å². The second-order valence-electron chi connectivity index (χ2n) is 13.3. The van der Waals surface area contributed by atoms with Gasteiger partial charge >= 0.3 is 0 Å². The smallest absolute Gasteiger partial charge is 0.138 e. The van der Waals surface area contributed by atoms with Crippen LogP contribution in [-0.4, -0.2) is 4.57 Å². The maximum Gasteiger partial charge on any atom is 0.138 e. The maximum atomic E-state index is 6.63. The molecule has 0 spiro atoms. The number of furan rings is 1. The molecule has 244 valence electrons. The van der Waals surface area contributed by atoms with Gasteiger partial charge in [-0.2, -0.15) is 0 Å². The lowest BCUT2D eigenvalue weighted by Crippen LogP contribution is -2.10. The van der Waals surface area contributed by atoms with Crippen LogP contribution in [0.3, 0.4) is 0 Å². The number of benzene rings is 8. The summed E-state index contributed by atoms with van der Waals surface area (Å²) in [6.45, 7) is 0. The van der Waals surface area contributed by atoms with Crippen LogP contribution in [0.25, 0.3) is 80.7 Å². The van der Waals surface area contributed by atoms with Crippen molar-refractivity contribution >= 4 is 92.3 Å². The standard InChI is InChI=1S/C48H30N2OS/c1-3-14-31(15-4-1)46-47-37-21-7-10-23-40(37)50(41(47)30-43-48(46)38-22-8-11-24-42(38)51-43)34-19-13-18-33(28-34)49(32-16-5-2-6-17-32)35-26-27-45-39(29-35)36-20-9-12-25-44(36)52-45/h1-30H. The van der Waals surface area contributed by atoms with Gasteiger partial charge < -0.3 is 13.9 Å². The van der Waals surface area contributed by atoms with Crippen LogP contribution in [0.1, 0.15) is 0 Å². The molecule has 0 bridgehead atoms. The lowest BCUT2D eigenvalue weighted by molar-refractivity contribution is 0.669. The van der Waals surface area contributed by atoms with Gasteiger partial charge in [0.05, 0.1) is 11.0 Å². The van der Waals surface area contributed by atoms with E-state index in [4.69, 9.17) is 4.42 Å². The average molecular weight is 683 g/mol. The van der Waals surface area contributed by atoms with Crippen molar-refractivity contribution < 1.29 is 4.42 Å². The van der Waals surface area contributed by atoms with Crippen molar-refractivity contribution in [1.29, 1.82) is 0 Å². The molecule has 0 unspecified atom stereocenters. The van der Waals surface area contributed by atoms with Crippen LogP contribution in [-0.2, 0) is 0 Å². The molecule has 0 fully saturated rings. The van der Waals surface area contributed by atoms with Crippen LogP contribution in [0.5, 0.6) is 0 Å². The summed E-state index contributed by atoms with van der Waals surface area (Å²) in [5.41, 5.74) is 10.8. The van der Waals surface area contributed by atoms with Crippen molar-refractivity contribution in [2.24, 2.45) is 0 Å². The summed E-state index contributed by atoms with van der Waals surface area (Å²) in [5.74, 6) is 0. The molecule has 0 saturated heterocycles. The molecule has 52 heavy (non-hydrogen) atoms. The van der Waals surface area contributed by atoms with Gasteiger partial charge in [0.15, 0.2) is 0 Å². The molecular formula is C48H30N2OS. The Labute approximate surface area is 303 Å². The van der Waals surface area contributed by atoms with Crippen molar-refractivity contribution in [3.05, 3.63) is 182 Å². The topological polar surface area (TPSA) is 21.3 Å². The lowest BCUT2D eigenvalue weighted by atomic mass is 9.94. The zero-order valence-electron chi connectivity index (χ0n) is 28.0. The van der Waals surface area contributed by atoms with Crippen molar-refractivity contribution in [2.75, 3.05) is 4.90 Å². The molecule has 11 aromatic rings. The highest BCUT2D eigenvalue weighted by Gasteiger charge is 2.23. The Bertz CT molecular complexity index is 3130. The van der Waals surface area contributed by atoms with E-state index in [2.05, 4.69) is 185 Å². The van der Waals surface area contributed by atoms with Gasteiger partial charge in [-0.3, -0.25) is 0 Å². The van der Waals surface area contributed by atoms with Crippen LogP contribution >= 0.6 is 11.3 Å². The molecule has 0 saturated carbocycles. The van der Waals surface area contributed by atoms with E-state index in [1.165, 1.54) is 42.1 Å². The minimum atomic E-state index is 0.884. The summed E-state index contributed by atoms with van der Waals surface area (Å²) in [6, 6.07) is 65.4. The monoisotopic (exact) mass is 682 g/mol. The van der Waals surface area contributed by atoms with E-state index in [-0.39, 0.29) is 0 Å². The Morgan fingerprint density at radius 2 is 1.10 bits per heavy atom. The number of hydrogen-bond acceptors (Lipinski definition) is 3. The predicted octanol–water partition coefficient (Wildman–Crippen LogP) is 14.2. The predicted molar refractivity (Wildman–Crippen MR) is 221 cm³/mol. The number of para-hydroxylation sites is 3. The van der Waals surface area contributed by atoms with Crippen LogP contribution in [0, 0.1) is 0 Å². The average Bonchev–Trinajstić information content (AvgIpc) is 3.87. The fourth-order valence-corrected chi connectivity index (χ4v) is 9.24. The molecule has 0 aliphatic carbocycles. The number of nitrogens with zero attached hydrogens (tertiary/aromatic N) is 2. The van der Waals surface area contributed by atoms with E-state index in [0.717, 1.165) is 55.7 Å². The summed E-state index contributed by atoms with van der Waals surface area (Å²) >= 11 is 1.85. The molecule has 0 aliphatic heterocycles. The normalized spacial score (nSPS) is 11.8. The quantitative estimate of drug-likeness (QED) is 0.180. The minimum Gasteiger partial charge on any atom is -0.456 e. The molecule has 0 amide bonds. The van der Waals surface area contributed by atoms with Gasteiger partial charge in [0.2, 0.25) is 0 Å². The Hall–Kier alpha value is -6.62. The van der Waals surface area contributed by atoms with E-state index in [1.54, 1.807) is 0 Å². The number of hydrogen-bond donors (Lipinski definition) is 0. The number of anilines is 3. The molecule has 0 aliphatic rings. The summed E-state index contributed by atoms with van der Waals surface area (Å²) < 4.78 is 11.6. The Balaban J connectivity index is 1.19. The second-order valence-corrected chi connectivity index (χ2v) is 14.4. The number of rotatable bonds is 5. The first-order valence-electron chi connectivity index (χ1n) is 17.6. The highest BCUT2D eigenvalue weighted by atomic mass is 32.1. The minimum absolute atomic E-state index is 0.884. The van der Waals surface area contributed by atoms with Gasteiger partial charge in [0.1, 0.15) is 11.2 Å². The third-order valence-electron chi connectivity index (χ3n) is 10.3. The second kappa shape index (κ2) is 11.5. The molecule has 3 aromatic heterocycles. The molecule has 11 rings (SSSR count). The van der Waals surface area contributed by atoms with Crippen LogP contribution in [0.4, 0.5) is 17.1 Å². The molecular weight excluding hydrogens is 653 g/mol. The first-order chi connectivity index (χ1) is 25.8. The molecule has 4 heteroatoms. The Morgan fingerprint density at radius 1 is 0.423 bits per heavy atom. The number of thiophene rings is 1. The van der Waals surface area contributed by atoms with Gasteiger partial charge in [-0.25, -0.2) is 0 Å². The van der Waals surface area contributed by atoms with E-state index < -0.39 is 0 Å². The van der Waals surface area contributed by atoms with E-state index >= 15 is 0 Å². The molecule has 8 aromatic carbocycles. The molecule has 3 heterocycles. The first-order valence-corrected chi connectivity index (χ1v) is 18.4. The molecule has 0 radical (unpaired) electrons. The van der Waals surface area contributed by atoms with Crippen LogP contribution in [0.15, 0.2) is 186 Å². The Kier molecular flexibility index (Phi) is 6.42. The molecule has 0 atom stereocenters. The van der Waals surface area contributed by atoms with Crippen molar-refractivity contribution in [2.45, 2.75) is 0 Å². The summed E-state index contributed by atoms with van der Waals surface area (Å²) in [6.07, 6.45) is 0. The number of fused-ring (bicyclic) bond motifs is 9. The van der Waals surface area contributed by atoms with E-state index in [0.29, 0.717) is 0 Å². The van der Waals surface area contributed by atoms with Crippen molar-refractivity contribution in [3.63, 3.8) is 0 Å². The van der Waals surface area contributed by atoms with Gasteiger partial charge in [0, 0.05) is 76.1 Å². The fourth-order valence-electron chi connectivity index (χ4n) is 8.15. The Morgan fingerprint density at radius 3 is 1.96 bits per heavy atom. The third kappa shape index (κ3) is 4.38. The fraction of sp³-hybridized carbons (Fsp3) is 0. The zero-order chi connectivity index (χ0) is 34.2. The molecule has 0 N–H and O–H groups in total. The van der Waals surface area contributed by atoms with Crippen LogP contribution < -0.4 is 4.90 Å². The van der Waals surface area contributed by atoms with Crippen LogP contribution in [0.2, 0.25) is 0 Å². The molecule has 3 nitrogen and oxygen atoms in total. The maximum absolute atomic E-state index is 6.63. The summed E-state index contributed by atoms with van der Waals surface area (Å²) in [7, 11) is 0. The first kappa shape index (κ1) is 29.1. The summed E-state index contributed by atoms with van der Waals surface area (Å²) in [5, 5.41) is 7.29. The van der Waals surface area contributed by atoms with Gasteiger partial charge in [0.25, 0.3) is 0 Å². The third-order valence-corrected chi connectivity index (χ3v) is 11.5. The van der Waals surface area contributed by atoms with Gasteiger partial charge in [-0.15, -0.1) is 11.3 Å². The highest BCUT2D eigenvalue weighted by Crippen LogP contribution is 2.47. The summed E-state index contributed by atoms with van der Waals surface area (Å²) in [4.78, 5) is 2.37. The van der Waals surface area contributed by atoms with Gasteiger partial charge in [-0.05, 0) is 72.3 Å². The SMILES string of the molecule is c1ccc(-c2c3c(cc4c2c2ccccc2n4-c2cccc(N(c4ccccc4)c4ccc5sc6ccccc6c5c4)c2)oc2ccccc23)cc1. The zero-order valence-corrected chi connectivity index (χ0v) is 28.8. The highest BCUT2D eigenvalue weighted by molar-refractivity contribution is 7.25. The van der Waals surface area contributed by atoms with E-state index in [9.17, 15) is 0 Å². The van der Waals surface area contributed by atoms with E-state index in [1.807, 2.05) is 17.4 Å². The number of aromatic nitrogens is 1. The van der Waals surface area contributed by atoms with Gasteiger partial charge in [-0.1, -0.05) is 109 Å².